The van der Waals surface area contributed by atoms with Crippen LogP contribution in [-0.4, -0.2) is 36.2 Å². The van der Waals surface area contributed by atoms with Crippen molar-refractivity contribution in [1.82, 2.24) is 10.2 Å². The van der Waals surface area contributed by atoms with Crippen molar-refractivity contribution in [2.24, 2.45) is 4.99 Å². The van der Waals surface area contributed by atoms with Crippen molar-refractivity contribution in [3.63, 3.8) is 0 Å². The first-order valence-corrected chi connectivity index (χ1v) is 11.0. The van der Waals surface area contributed by atoms with E-state index in [1.165, 1.54) is 11.1 Å². The van der Waals surface area contributed by atoms with Gasteiger partial charge in [0.1, 0.15) is 5.82 Å². The predicted molar refractivity (Wildman–Crippen MR) is 124 cm³/mol. The number of amides is 1. The lowest BCUT2D eigenvalue weighted by Crippen LogP contribution is -2.44. The van der Waals surface area contributed by atoms with Gasteiger partial charge in [0.2, 0.25) is 0 Å². The normalized spacial score (nSPS) is 21.0. The highest BCUT2D eigenvalue weighted by molar-refractivity contribution is 5.98. The summed E-state index contributed by atoms with van der Waals surface area (Å²) in [7, 11) is 0. The number of allylic oxidation sites excluding steroid dienone is 2. The van der Waals surface area contributed by atoms with Gasteiger partial charge in [-0.2, -0.15) is 0 Å². The van der Waals surface area contributed by atoms with Crippen LogP contribution in [0.3, 0.4) is 0 Å². The SMILES string of the molecule is C=N/C(NC1(C)CC1)=C(\C)C(C(=O)N1CCC2(C=Cc3ccccc32)CC1)=C(C)C. The molecular formula is C26H33N3O. The molecule has 4 rings (SSSR count). The minimum Gasteiger partial charge on any atom is -0.365 e. The minimum absolute atomic E-state index is 0.0827. The number of carbonyl (C=O) groups is 1. The predicted octanol–water partition coefficient (Wildman–Crippen LogP) is 4.98. The summed E-state index contributed by atoms with van der Waals surface area (Å²) in [5.74, 6) is 0.849. The summed E-state index contributed by atoms with van der Waals surface area (Å²) in [5.41, 5.74) is 5.60. The molecule has 1 saturated heterocycles. The van der Waals surface area contributed by atoms with Crippen LogP contribution >= 0.6 is 0 Å². The molecule has 0 atom stereocenters. The van der Waals surface area contributed by atoms with Crippen LogP contribution in [0, 0.1) is 0 Å². The van der Waals surface area contributed by atoms with Gasteiger partial charge in [0.25, 0.3) is 5.91 Å². The number of fused-ring (bicyclic) bond motifs is 2. The van der Waals surface area contributed by atoms with Gasteiger partial charge < -0.3 is 10.2 Å². The molecule has 1 aromatic rings. The Morgan fingerprint density at radius 1 is 1.10 bits per heavy atom. The molecular weight excluding hydrogens is 370 g/mol. The summed E-state index contributed by atoms with van der Waals surface area (Å²) in [6, 6.07) is 8.65. The Kier molecular flexibility index (Phi) is 5.21. The molecule has 0 unspecified atom stereocenters. The van der Waals surface area contributed by atoms with E-state index < -0.39 is 0 Å². The fourth-order valence-corrected chi connectivity index (χ4v) is 4.86. The van der Waals surface area contributed by atoms with Gasteiger partial charge >= 0.3 is 0 Å². The van der Waals surface area contributed by atoms with E-state index in [1.807, 2.05) is 25.7 Å². The summed E-state index contributed by atoms with van der Waals surface area (Å²) in [5, 5.41) is 3.50. The third kappa shape index (κ3) is 3.64. The third-order valence-electron chi connectivity index (χ3n) is 7.04. The number of piperidine rings is 1. The number of hydrogen-bond acceptors (Lipinski definition) is 3. The Morgan fingerprint density at radius 2 is 1.77 bits per heavy atom. The molecule has 0 bridgehead atoms. The Hall–Kier alpha value is -2.62. The number of aliphatic imine (C=N–C) groups is 1. The maximum absolute atomic E-state index is 13.6. The zero-order chi connectivity index (χ0) is 21.5. The lowest BCUT2D eigenvalue weighted by Gasteiger charge is -2.40. The van der Waals surface area contributed by atoms with Crippen LogP contribution in [0.1, 0.15) is 64.5 Å². The van der Waals surface area contributed by atoms with Crippen LogP contribution in [0.2, 0.25) is 0 Å². The van der Waals surface area contributed by atoms with Crippen molar-refractivity contribution in [1.29, 1.82) is 0 Å². The van der Waals surface area contributed by atoms with Gasteiger partial charge in [-0.15, -0.1) is 0 Å². The monoisotopic (exact) mass is 403 g/mol. The van der Waals surface area contributed by atoms with Crippen LogP contribution < -0.4 is 5.32 Å². The van der Waals surface area contributed by atoms with Gasteiger partial charge in [-0.3, -0.25) is 4.79 Å². The van der Waals surface area contributed by atoms with Crippen LogP contribution in [0.15, 0.2) is 57.9 Å². The maximum atomic E-state index is 13.6. The highest BCUT2D eigenvalue weighted by atomic mass is 16.2. The van der Waals surface area contributed by atoms with Gasteiger partial charge in [0.15, 0.2) is 0 Å². The zero-order valence-corrected chi connectivity index (χ0v) is 18.7. The van der Waals surface area contributed by atoms with E-state index in [0.717, 1.165) is 61.3 Å². The van der Waals surface area contributed by atoms with E-state index >= 15 is 0 Å². The van der Waals surface area contributed by atoms with Gasteiger partial charge in [-0.1, -0.05) is 42.0 Å². The van der Waals surface area contributed by atoms with Crippen molar-refractivity contribution in [2.75, 3.05) is 13.1 Å². The number of carbonyl (C=O) groups excluding carboxylic acids is 1. The topological polar surface area (TPSA) is 44.7 Å². The van der Waals surface area contributed by atoms with E-state index in [1.54, 1.807) is 0 Å². The summed E-state index contributed by atoms with van der Waals surface area (Å²) >= 11 is 0. The summed E-state index contributed by atoms with van der Waals surface area (Å²) in [4.78, 5) is 19.8. The van der Waals surface area contributed by atoms with E-state index in [-0.39, 0.29) is 16.9 Å². The quantitative estimate of drug-likeness (QED) is 0.428. The lowest BCUT2D eigenvalue weighted by atomic mass is 9.74. The number of rotatable bonds is 5. The molecule has 2 aliphatic carbocycles. The fraction of sp³-hybridized carbons (Fsp3) is 0.462. The molecule has 1 saturated carbocycles. The molecule has 1 aromatic carbocycles. The zero-order valence-electron chi connectivity index (χ0n) is 18.7. The number of hydrogen-bond donors (Lipinski definition) is 1. The van der Waals surface area contributed by atoms with E-state index in [9.17, 15) is 4.79 Å². The molecule has 1 heterocycles. The number of nitrogens with one attached hydrogen (secondary N) is 1. The Labute approximate surface area is 180 Å². The van der Waals surface area contributed by atoms with Gasteiger partial charge in [-0.05, 0) is 71.2 Å². The molecule has 1 N–H and O–H groups in total. The molecule has 4 nitrogen and oxygen atoms in total. The van der Waals surface area contributed by atoms with Crippen molar-refractivity contribution in [3.8, 4) is 0 Å². The highest BCUT2D eigenvalue weighted by Gasteiger charge is 2.40. The Morgan fingerprint density at radius 3 is 2.37 bits per heavy atom. The average Bonchev–Trinajstić information content (AvgIpc) is 3.37. The molecule has 3 aliphatic rings. The Balaban J connectivity index is 1.53. The van der Waals surface area contributed by atoms with Crippen LogP contribution in [0.5, 0.6) is 0 Å². The van der Waals surface area contributed by atoms with Gasteiger partial charge in [0.05, 0.1) is 0 Å². The van der Waals surface area contributed by atoms with E-state index in [0.29, 0.717) is 0 Å². The molecule has 0 aromatic heterocycles. The van der Waals surface area contributed by atoms with Crippen molar-refractivity contribution < 1.29 is 4.79 Å². The summed E-state index contributed by atoms with van der Waals surface area (Å²) in [6.07, 6.45) is 8.78. The van der Waals surface area contributed by atoms with Crippen LogP contribution in [0.4, 0.5) is 0 Å². The van der Waals surface area contributed by atoms with Crippen molar-refractivity contribution in [3.05, 3.63) is 64.0 Å². The second-order valence-electron chi connectivity index (χ2n) is 9.56. The highest BCUT2D eigenvalue weighted by Crippen LogP contribution is 2.44. The first-order chi connectivity index (χ1) is 14.3. The maximum Gasteiger partial charge on any atom is 0.254 e. The lowest BCUT2D eigenvalue weighted by molar-refractivity contribution is -0.128. The first kappa shape index (κ1) is 20.6. The van der Waals surface area contributed by atoms with E-state index in [4.69, 9.17) is 0 Å². The Bertz CT molecular complexity index is 966. The van der Waals surface area contributed by atoms with Gasteiger partial charge in [-0.25, -0.2) is 4.99 Å². The molecule has 2 fully saturated rings. The molecule has 0 radical (unpaired) electrons. The minimum atomic E-state index is 0.0827. The third-order valence-corrected chi connectivity index (χ3v) is 7.04. The second kappa shape index (κ2) is 7.57. The fourth-order valence-electron chi connectivity index (χ4n) is 4.86. The van der Waals surface area contributed by atoms with Crippen molar-refractivity contribution >= 4 is 18.7 Å². The molecule has 1 amide bonds. The van der Waals surface area contributed by atoms with E-state index in [2.05, 4.69) is 60.4 Å². The van der Waals surface area contributed by atoms with Gasteiger partial charge in [0, 0.05) is 35.2 Å². The molecule has 4 heteroatoms. The molecule has 158 valence electrons. The number of nitrogens with zero attached hydrogens (tertiary/aromatic N) is 2. The molecule has 1 spiro atoms. The average molecular weight is 404 g/mol. The van der Waals surface area contributed by atoms with Crippen LogP contribution in [-0.2, 0) is 10.2 Å². The molecule has 30 heavy (non-hydrogen) atoms. The molecule has 1 aliphatic heterocycles. The first-order valence-electron chi connectivity index (χ1n) is 11.0. The number of likely N-dealkylation sites (tertiary alicyclic amines) is 1. The number of benzene rings is 1. The van der Waals surface area contributed by atoms with Crippen molar-refractivity contribution in [2.45, 2.75) is 64.3 Å². The summed E-state index contributed by atoms with van der Waals surface area (Å²) < 4.78 is 0. The smallest absolute Gasteiger partial charge is 0.254 e. The largest absolute Gasteiger partial charge is 0.365 e. The summed E-state index contributed by atoms with van der Waals surface area (Å²) in [6.45, 7) is 13.5. The second-order valence-corrected chi connectivity index (χ2v) is 9.56. The van der Waals surface area contributed by atoms with Crippen LogP contribution in [0.25, 0.3) is 6.08 Å². The standard InChI is InChI=1S/C26H33N3O/c1-18(2)22(19(3)23(27-5)28-25(4)12-13-25)24(30)29-16-14-26(15-17-29)11-10-20-8-6-7-9-21(20)26/h6-11,28H,5,12-17H2,1-4H3/b23-19-.